The van der Waals surface area contributed by atoms with Crippen LogP contribution >= 0.6 is 8.03 Å². The molecule has 13 heteroatoms. The third-order valence-electron chi connectivity index (χ3n) is 4.93. The van der Waals surface area contributed by atoms with E-state index in [0.717, 1.165) is 6.42 Å². The van der Waals surface area contributed by atoms with Gasteiger partial charge in [0.1, 0.15) is 17.9 Å². The van der Waals surface area contributed by atoms with Crippen LogP contribution in [0.4, 0.5) is 5.95 Å². The molecule has 2 rings (SSSR count). The van der Waals surface area contributed by atoms with Crippen molar-refractivity contribution >= 4 is 25.1 Å². The number of nitrogens with zero attached hydrogens (tertiary/aromatic N) is 7. The van der Waals surface area contributed by atoms with Gasteiger partial charge >= 0.3 is 0 Å². The molecule has 2 N–H and O–H groups in total. The average molecular weight is 455 g/mol. The van der Waals surface area contributed by atoms with Gasteiger partial charge in [-0.3, -0.25) is 9.13 Å². The van der Waals surface area contributed by atoms with Gasteiger partial charge in [-0.2, -0.15) is 0 Å². The smallest absolute Gasteiger partial charge is 0.201 e. The van der Waals surface area contributed by atoms with Crippen molar-refractivity contribution in [3.05, 3.63) is 22.5 Å². The van der Waals surface area contributed by atoms with Crippen LogP contribution in [0.15, 0.2) is 11.4 Å². The van der Waals surface area contributed by atoms with Crippen LogP contribution in [0.2, 0.25) is 0 Å². The number of hydrogen-bond donors (Lipinski definition) is 2. The molecule has 2 heterocycles. The summed E-state index contributed by atoms with van der Waals surface area (Å²) in [4.78, 5) is 15.3. The first-order valence-electron chi connectivity index (χ1n) is 10.0. The van der Waals surface area contributed by atoms with Crippen molar-refractivity contribution < 1.29 is 24.0 Å². The van der Waals surface area contributed by atoms with E-state index in [-0.39, 0.29) is 18.2 Å². The number of azide groups is 1. The molecule has 0 bridgehead atoms. The Labute approximate surface area is 181 Å². The van der Waals surface area contributed by atoms with E-state index in [1.807, 2.05) is 27.7 Å². The molecule has 2 aromatic heterocycles. The summed E-state index contributed by atoms with van der Waals surface area (Å²) in [5.74, 6) is -0.0732. The third-order valence-corrected chi connectivity index (χ3v) is 6.90. The van der Waals surface area contributed by atoms with Gasteiger partial charge in [0, 0.05) is 10.6 Å². The molecule has 31 heavy (non-hydrogen) atoms. The highest BCUT2D eigenvalue weighted by atomic mass is 31.1. The molecule has 4 atom stereocenters. The normalized spacial score (nSPS) is 16.0. The summed E-state index contributed by atoms with van der Waals surface area (Å²) in [6, 6.07) is 0. The molecule has 0 fully saturated rings. The summed E-state index contributed by atoms with van der Waals surface area (Å²) < 4.78 is 25.3. The number of aromatic nitrogens is 4. The minimum absolute atomic E-state index is 0.0270. The minimum atomic E-state index is -2.22. The number of fused-ring (bicyclic) bond motifs is 1. The van der Waals surface area contributed by atoms with Crippen molar-refractivity contribution in [2.24, 2.45) is 5.11 Å². The van der Waals surface area contributed by atoms with E-state index < -0.39 is 32.6 Å². The molecular formula is C18H30N7O5P. The lowest BCUT2D eigenvalue weighted by atomic mass is 10.1. The Bertz CT molecular complexity index is 960. The van der Waals surface area contributed by atoms with Crippen molar-refractivity contribution in [3.63, 3.8) is 0 Å². The van der Waals surface area contributed by atoms with Crippen molar-refractivity contribution in [1.82, 2.24) is 19.5 Å². The van der Waals surface area contributed by atoms with Crippen molar-refractivity contribution in [1.29, 1.82) is 0 Å². The van der Waals surface area contributed by atoms with Crippen LogP contribution < -0.4 is 0 Å². The van der Waals surface area contributed by atoms with Gasteiger partial charge in [0.05, 0.1) is 24.5 Å². The molecule has 12 nitrogen and oxygen atoms in total. The monoisotopic (exact) mass is 455 g/mol. The van der Waals surface area contributed by atoms with Crippen LogP contribution in [-0.4, -0.2) is 60.3 Å². The van der Waals surface area contributed by atoms with Crippen LogP contribution in [-0.2, 0) is 13.8 Å². The molecule has 0 saturated heterocycles. The summed E-state index contributed by atoms with van der Waals surface area (Å²) in [5.41, 5.74) is 9.41. The lowest BCUT2D eigenvalue weighted by molar-refractivity contribution is -0.103. The fourth-order valence-electron chi connectivity index (χ4n) is 2.82. The summed E-state index contributed by atoms with van der Waals surface area (Å²) in [5, 5.41) is 23.5. The van der Waals surface area contributed by atoms with E-state index in [9.17, 15) is 14.8 Å². The molecule has 0 aromatic carbocycles. The molecule has 172 valence electrons. The predicted molar refractivity (Wildman–Crippen MR) is 115 cm³/mol. The molecule has 0 aliphatic heterocycles. The average Bonchev–Trinajstić information content (AvgIpc) is 3.09. The Morgan fingerprint density at radius 3 is 2.74 bits per heavy atom. The first-order chi connectivity index (χ1) is 14.6. The Balaban J connectivity index is 2.28. The number of imidazole rings is 1. The molecular weight excluding hydrogens is 425 g/mol. The van der Waals surface area contributed by atoms with Crippen molar-refractivity contribution in [2.45, 2.75) is 71.1 Å². The summed E-state index contributed by atoms with van der Waals surface area (Å²) in [6.45, 7) is 8.68. The van der Waals surface area contributed by atoms with E-state index in [4.69, 9.17) is 14.8 Å². The Morgan fingerprint density at radius 1 is 1.42 bits per heavy atom. The zero-order valence-electron chi connectivity index (χ0n) is 18.4. The molecule has 0 aliphatic carbocycles. The Kier molecular flexibility index (Phi) is 8.93. The van der Waals surface area contributed by atoms with Gasteiger partial charge in [0.2, 0.25) is 5.95 Å². The standard InChI is InChI=1S/C18H30N7O5P/c1-6-11(2)31(28)30-18(4,5)7-8-29-16(13(27)9-26)25-15-14(12(3)20-10-21-15)22-17(25)23-24-19/h10-11,13,16,26-27,31H,6-9H2,1-5H3/t11?,13-,16?/m1/s1. The first-order valence-corrected chi connectivity index (χ1v) is 11.4. The van der Waals surface area contributed by atoms with Crippen LogP contribution in [0.1, 0.15) is 52.5 Å². The number of aryl methyl sites for hydroxylation is 1. The topological polar surface area (TPSA) is 168 Å². The highest BCUT2D eigenvalue weighted by Gasteiger charge is 2.29. The largest absolute Gasteiger partial charge is 0.394 e. The molecule has 0 radical (unpaired) electrons. The van der Waals surface area contributed by atoms with E-state index >= 15 is 0 Å². The number of ether oxygens (including phenoxy) is 1. The van der Waals surface area contributed by atoms with Crippen molar-refractivity contribution in [3.8, 4) is 0 Å². The SMILES string of the molecule is CCC(C)[PH](=O)OC(C)(C)CCOC([C@H](O)CO)n1c(N=[N+]=[N-])nc2c(C)ncnc21. The third kappa shape index (κ3) is 6.22. The van der Waals surface area contributed by atoms with E-state index in [1.54, 1.807) is 6.92 Å². The minimum Gasteiger partial charge on any atom is -0.394 e. The van der Waals surface area contributed by atoms with E-state index in [2.05, 4.69) is 25.0 Å². The Hall–Kier alpha value is -2.07. The summed E-state index contributed by atoms with van der Waals surface area (Å²) in [7, 11) is -2.22. The van der Waals surface area contributed by atoms with Crippen LogP contribution in [0.3, 0.4) is 0 Å². The van der Waals surface area contributed by atoms with Crippen LogP contribution in [0.5, 0.6) is 0 Å². The predicted octanol–water partition coefficient (Wildman–Crippen LogP) is 3.40. The maximum atomic E-state index is 12.3. The highest BCUT2D eigenvalue weighted by molar-refractivity contribution is 7.40. The lowest BCUT2D eigenvalue weighted by Crippen LogP contribution is -2.32. The summed E-state index contributed by atoms with van der Waals surface area (Å²) >= 11 is 0. The second-order valence-corrected chi connectivity index (χ2v) is 9.68. The lowest BCUT2D eigenvalue weighted by Gasteiger charge is -2.29. The number of rotatable bonds is 12. The van der Waals surface area contributed by atoms with E-state index in [1.165, 1.54) is 10.9 Å². The molecule has 0 saturated carbocycles. The number of aliphatic hydroxyl groups excluding tert-OH is 2. The molecule has 2 aromatic rings. The molecule has 3 unspecified atom stereocenters. The van der Waals surface area contributed by atoms with Gasteiger partial charge < -0.3 is 19.5 Å². The maximum Gasteiger partial charge on any atom is 0.201 e. The van der Waals surface area contributed by atoms with Gasteiger partial charge in [-0.1, -0.05) is 13.8 Å². The molecule has 0 spiro atoms. The highest BCUT2D eigenvalue weighted by Crippen LogP contribution is 2.38. The van der Waals surface area contributed by atoms with Crippen LogP contribution in [0, 0.1) is 6.92 Å². The zero-order chi connectivity index (χ0) is 23.2. The molecule has 0 amide bonds. The van der Waals surface area contributed by atoms with Gasteiger partial charge in [0.25, 0.3) is 0 Å². The fraction of sp³-hybridized carbons (Fsp3) is 0.722. The van der Waals surface area contributed by atoms with Crippen LogP contribution in [0.25, 0.3) is 21.6 Å². The van der Waals surface area contributed by atoms with Gasteiger partial charge in [0.15, 0.2) is 19.9 Å². The second-order valence-electron chi connectivity index (χ2n) is 7.85. The van der Waals surface area contributed by atoms with Crippen molar-refractivity contribution in [2.75, 3.05) is 13.2 Å². The number of aliphatic hydroxyl groups is 2. The number of hydrogen-bond acceptors (Lipinski definition) is 9. The maximum absolute atomic E-state index is 12.3. The fourth-order valence-corrected chi connectivity index (χ4v) is 4.00. The quantitative estimate of drug-likeness (QED) is 0.212. The summed E-state index contributed by atoms with van der Waals surface area (Å²) in [6.07, 6.45) is -0.0317. The van der Waals surface area contributed by atoms with Gasteiger partial charge in [-0.15, -0.1) is 0 Å². The molecule has 0 aliphatic rings. The van der Waals surface area contributed by atoms with Gasteiger partial charge in [-0.05, 0) is 44.3 Å². The van der Waals surface area contributed by atoms with Gasteiger partial charge in [-0.25, -0.2) is 15.0 Å². The zero-order valence-corrected chi connectivity index (χ0v) is 19.4. The Morgan fingerprint density at radius 2 is 2.13 bits per heavy atom. The second kappa shape index (κ2) is 11.0. The first kappa shape index (κ1) is 25.2. The van der Waals surface area contributed by atoms with E-state index in [0.29, 0.717) is 23.3 Å².